The predicted molar refractivity (Wildman–Crippen MR) is 66.8 cm³/mol. The lowest BCUT2D eigenvalue weighted by molar-refractivity contribution is 0.862. The molecule has 0 aliphatic carbocycles. The van der Waals surface area contributed by atoms with E-state index in [9.17, 15) is 4.79 Å². The zero-order valence-electron chi connectivity index (χ0n) is 9.34. The van der Waals surface area contributed by atoms with Gasteiger partial charge in [-0.15, -0.1) is 0 Å². The molecule has 0 aliphatic heterocycles. The number of hydrogen-bond donors (Lipinski definition) is 1. The van der Waals surface area contributed by atoms with E-state index in [0.29, 0.717) is 0 Å². The molecule has 0 fully saturated rings. The minimum absolute atomic E-state index is 0.00336. The molecule has 84 valence electrons. The van der Waals surface area contributed by atoms with Crippen molar-refractivity contribution in [1.29, 1.82) is 0 Å². The average molecular weight is 225 g/mol. The Labute approximate surface area is 97.5 Å². The third-order valence-corrected chi connectivity index (χ3v) is 2.86. The summed E-state index contributed by atoms with van der Waals surface area (Å²) in [7, 11) is 1.75. The van der Waals surface area contributed by atoms with Gasteiger partial charge >= 0.3 is 0 Å². The van der Waals surface area contributed by atoms with Gasteiger partial charge in [0.25, 0.3) is 0 Å². The number of nitrogens with one attached hydrogen (secondary N) is 1. The van der Waals surface area contributed by atoms with Crippen LogP contribution in [0.2, 0.25) is 0 Å². The first-order valence-corrected chi connectivity index (χ1v) is 5.34. The normalized spacial score (nSPS) is 10.9. The lowest BCUT2D eigenvalue weighted by atomic mass is 10.1. The third kappa shape index (κ3) is 1.63. The van der Waals surface area contributed by atoms with Crippen LogP contribution in [0.25, 0.3) is 22.0 Å². The van der Waals surface area contributed by atoms with Gasteiger partial charge in [0.05, 0.1) is 11.7 Å². The quantitative estimate of drug-likeness (QED) is 0.688. The van der Waals surface area contributed by atoms with E-state index in [4.69, 9.17) is 0 Å². The van der Waals surface area contributed by atoms with Gasteiger partial charge in [-0.05, 0) is 23.3 Å². The van der Waals surface area contributed by atoms with E-state index < -0.39 is 0 Å². The molecule has 0 amide bonds. The molecule has 3 aromatic rings. The molecule has 0 saturated carbocycles. The van der Waals surface area contributed by atoms with Crippen molar-refractivity contribution in [3.8, 4) is 11.1 Å². The van der Waals surface area contributed by atoms with E-state index in [1.165, 1.54) is 0 Å². The Hall–Kier alpha value is -2.36. The SMILES string of the molecule is Cn1cc(-c2ccc3cn[nH]c3c2)ccc1=O. The molecule has 0 bridgehead atoms. The van der Waals surface area contributed by atoms with Gasteiger partial charge in [0, 0.05) is 24.7 Å². The molecule has 1 aromatic carbocycles. The molecule has 2 heterocycles. The van der Waals surface area contributed by atoms with Crippen molar-refractivity contribution in [3.05, 3.63) is 53.1 Å². The first kappa shape index (κ1) is 9.84. The smallest absolute Gasteiger partial charge is 0.250 e. The predicted octanol–water partition coefficient (Wildman–Crippen LogP) is 1.93. The van der Waals surface area contributed by atoms with E-state index in [-0.39, 0.29) is 5.56 Å². The van der Waals surface area contributed by atoms with Crippen molar-refractivity contribution in [2.45, 2.75) is 0 Å². The lowest BCUT2D eigenvalue weighted by Crippen LogP contribution is -2.13. The largest absolute Gasteiger partial charge is 0.318 e. The maximum Gasteiger partial charge on any atom is 0.250 e. The molecule has 4 heteroatoms. The zero-order valence-corrected chi connectivity index (χ0v) is 9.34. The second-order valence-electron chi connectivity index (χ2n) is 4.04. The summed E-state index contributed by atoms with van der Waals surface area (Å²) in [6, 6.07) is 9.48. The Morgan fingerprint density at radius 2 is 2.00 bits per heavy atom. The number of aryl methyl sites for hydroxylation is 1. The Kier molecular flexibility index (Phi) is 2.08. The van der Waals surface area contributed by atoms with E-state index >= 15 is 0 Å². The van der Waals surface area contributed by atoms with Crippen molar-refractivity contribution in [2.75, 3.05) is 0 Å². The van der Waals surface area contributed by atoms with Gasteiger partial charge in [0.1, 0.15) is 0 Å². The minimum atomic E-state index is -0.00336. The van der Waals surface area contributed by atoms with Gasteiger partial charge < -0.3 is 4.57 Å². The van der Waals surface area contributed by atoms with Crippen LogP contribution in [-0.4, -0.2) is 14.8 Å². The zero-order chi connectivity index (χ0) is 11.8. The van der Waals surface area contributed by atoms with E-state index in [1.54, 1.807) is 23.9 Å². The van der Waals surface area contributed by atoms with Crippen LogP contribution in [0, 0.1) is 0 Å². The Morgan fingerprint density at radius 3 is 2.82 bits per heavy atom. The Morgan fingerprint density at radius 1 is 1.18 bits per heavy atom. The second-order valence-corrected chi connectivity index (χ2v) is 4.04. The number of fused-ring (bicyclic) bond motifs is 1. The van der Waals surface area contributed by atoms with Crippen molar-refractivity contribution in [2.24, 2.45) is 7.05 Å². The molecule has 0 radical (unpaired) electrons. The molecule has 1 N–H and O–H groups in total. The van der Waals surface area contributed by atoms with Crippen LogP contribution < -0.4 is 5.56 Å². The number of aromatic amines is 1. The highest BCUT2D eigenvalue weighted by molar-refractivity contribution is 5.83. The fourth-order valence-corrected chi connectivity index (χ4v) is 1.88. The van der Waals surface area contributed by atoms with E-state index in [2.05, 4.69) is 10.2 Å². The van der Waals surface area contributed by atoms with E-state index in [0.717, 1.165) is 22.0 Å². The van der Waals surface area contributed by atoms with Crippen LogP contribution in [-0.2, 0) is 7.05 Å². The molecule has 0 aliphatic rings. The summed E-state index contributed by atoms with van der Waals surface area (Å²) >= 11 is 0. The number of H-pyrrole nitrogens is 1. The molecular weight excluding hydrogens is 214 g/mol. The summed E-state index contributed by atoms with van der Waals surface area (Å²) in [5, 5.41) is 8.01. The van der Waals surface area contributed by atoms with Crippen molar-refractivity contribution < 1.29 is 0 Å². The van der Waals surface area contributed by atoms with Crippen molar-refractivity contribution in [1.82, 2.24) is 14.8 Å². The maximum atomic E-state index is 11.3. The van der Waals surface area contributed by atoms with E-state index in [1.807, 2.05) is 30.5 Å². The highest BCUT2D eigenvalue weighted by atomic mass is 16.1. The average Bonchev–Trinajstić information content (AvgIpc) is 2.79. The second kappa shape index (κ2) is 3.59. The Bertz CT molecular complexity index is 740. The molecule has 17 heavy (non-hydrogen) atoms. The molecule has 0 atom stereocenters. The number of benzene rings is 1. The van der Waals surface area contributed by atoms with Gasteiger partial charge in [-0.3, -0.25) is 9.89 Å². The first-order chi connectivity index (χ1) is 8.24. The molecule has 3 rings (SSSR count). The van der Waals surface area contributed by atoms with Gasteiger partial charge in [-0.25, -0.2) is 0 Å². The lowest BCUT2D eigenvalue weighted by Gasteiger charge is -2.03. The molecule has 0 unspecified atom stereocenters. The van der Waals surface area contributed by atoms with Crippen LogP contribution in [0.5, 0.6) is 0 Å². The van der Waals surface area contributed by atoms with Crippen LogP contribution in [0.3, 0.4) is 0 Å². The van der Waals surface area contributed by atoms with Gasteiger partial charge in [0.2, 0.25) is 5.56 Å². The van der Waals surface area contributed by atoms with Gasteiger partial charge in [-0.1, -0.05) is 12.1 Å². The molecule has 0 spiro atoms. The number of pyridine rings is 1. The summed E-state index contributed by atoms with van der Waals surface area (Å²) in [6.07, 6.45) is 3.62. The fourth-order valence-electron chi connectivity index (χ4n) is 1.88. The number of hydrogen-bond acceptors (Lipinski definition) is 2. The number of nitrogens with zero attached hydrogens (tertiary/aromatic N) is 2. The van der Waals surface area contributed by atoms with Crippen LogP contribution in [0.1, 0.15) is 0 Å². The monoisotopic (exact) mass is 225 g/mol. The standard InChI is InChI=1S/C13H11N3O/c1-16-8-11(4-5-13(16)17)9-2-3-10-7-14-15-12(10)6-9/h2-8H,1H3,(H,14,15). The maximum absolute atomic E-state index is 11.3. The Balaban J connectivity index is 2.19. The summed E-state index contributed by atoms with van der Waals surface area (Å²) in [5.41, 5.74) is 3.08. The van der Waals surface area contributed by atoms with Gasteiger partial charge in [0.15, 0.2) is 0 Å². The molecule has 0 saturated heterocycles. The van der Waals surface area contributed by atoms with Crippen LogP contribution in [0.15, 0.2) is 47.5 Å². The molecular formula is C13H11N3O. The fraction of sp³-hybridized carbons (Fsp3) is 0.0769. The van der Waals surface area contributed by atoms with Gasteiger partial charge in [-0.2, -0.15) is 5.10 Å². The topological polar surface area (TPSA) is 50.7 Å². The van der Waals surface area contributed by atoms with Crippen LogP contribution in [0.4, 0.5) is 0 Å². The van der Waals surface area contributed by atoms with Crippen molar-refractivity contribution >= 4 is 10.9 Å². The van der Waals surface area contributed by atoms with Crippen LogP contribution >= 0.6 is 0 Å². The van der Waals surface area contributed by atoms with Crippen molar-refractivity contribution in [3.63, 3.8) is 0 Å². The number of rotatable bonds is 1. The molecule has 4 nitrogen and oxygen atoms in total. The number of aromatic nitrogens is 3. The highest BCUT2D eigenvalue weighted by Gasteiger charge is 2.02. The molecule has 2 aromatic heterocycles. The summed E-state index contributed by atoms with van der Waals surface area (Å²) in [5.74, 6) is 0. The summed E-state index contributed by atoms with van der Waals surface area (Å²) < 4.78 is 1.58. The highest BCUT2D eigenvalue weighted by Crippen LogP contribution is 2.22. The minimum Gasteiger partial charge on any atom is -0.318 e. The third-order valence-electron chi connectivity index (χ3n) is 2.86. The first-order valence-electron chi connectivity index (χ1n) is 5.34. The summed E-state index contributed by atoms with van der Waals surface area (Å²) in [4.78, 5) is 11.3. The summed E-state index contributed by atoms with van der Waals surface area (Å²) in [6.45, 7) is 0.